The molecule has 313 valence electrons. The van der Waals surface area contributed by atoms with Crippen LogP contribution < -0.4 is 15.1 Å². The van der Waals surface area contributed by atoms with Crippen molar-refractivity contribution in [3.05, 3.63) is 160 Å². The van der Waals surface area contributed by atoms with Gasteiger partial charge in [-0.1, -0.05) is 141 Å². The van der Waals surface area contributed by atoms with Crippen molar-refractivity contribution in [3.8, 4) is 22.3 Å². The fraction of sp³-hybridized carbons (Fsp3) is 0.333. The maximum atomic E-state index is 2.72. The zero-order valence-electron chi connectivity index (χ0n) is 38.7. The number of rotatable bonds is 3. The van der Waals surface area contributed by atoms with Crippen LogP contribution in [0.5, 0.6) is 0 Å². The molecule has 63 heavy (non-hydrogen) atoms. The van der Waals surface area contributed by atoms with E-state index in [1.54, 1.807) is 0 Å². The fourth-order valence-electron chi connectivity index (χ4n) is 12.5. The molecule has 7 aromatic rings. The molecule has 0 bridgehead atoms. The molecule has 1 aliphatic heterocycles. The van der Waals surface area contributed by atoms with Crippen molar-refractivity contribution in [3.63, 3.8) is 0 Å². The van der Waals surface area contributed by atoms with Crippen LogP contribution in [0.1, 0.15) is 145 Å². The van der Waals surface area contributed by atoms with E-state index in [0.717, 1.165) is 6.42 Å². The topological polar surface area (TPSA) is 3.24 Å². The molecule has 2 unspecified atom stereocenters. The average molecular weight is 837 g/mol. The summed E-state index contributed by atoms with van der Waals surface area (Å²) in [5.41, 5.74) is 21.6. The number of fused-ring (bicyclic) bond motifs is 10. The Morgan fingerprint density at radius 3 is 1.95 bits per heavy atom. The van der Waals surface area contributed by atoms with E-state index >= 15 is 0 Å². The van der Waals surface area contributed by atoms with Crippen LogP contribution in [0.3, 0.4) is 0 Å². The van der Waals surface area contributed by atoms with Gasteiger partial charge in [-0.2, -0.15) is 0 Å². The van der Waals surface area contributed by atoms with Crippen LogP contribution in [0.15, 0.2) is 121 Å². The standard InChI is InChI=1S/C60H59BNS/c1-35-43-28-37-18-13-14-19-38(37)29-44(43)41-20-15-21-42(53(35)41)45-30-39(36-16-11-10-12-17-36)31-51-54(45)61-56-55(46-33-49-50(34-52(46)63-56)60(8,9)27-26-59(49,6)7)62(51)40-22-23-47-48(32-40)58(4,5)25-24-57(47,2)3/h10-16,18-23,28-36H,17,24-27H2,1-9H3. The molecule has 4 aliphatic carbocycles. The Morgan fingerprint density at radius 1 is 0.603 bits per heavy atom. The molecule has 3 heteroatoms. The van der Waals surface area contributed by atoms with Crippen LogP contribution in [0, 0.1) is 0 Å². The third kappa shape index (κ3) is 5.87. The number of benzene rings is 6. The highest BCUT2D eigenvalue weighted by Crippen LogP contribution is 2.55. The highest BCUT2D eigenvalue weighted by atomic mass is 32.1. The van der Waals surface area contributed by atoms with E-state index in [0.29, 0.717) is 5.92 Å². The predicted octanol–water partition coefficient (Wildman–Crippen LogP) is 15.6. The van der Waals surface area contributed by atoms with Crippen LogP contribution in [0.2, 0.25) is 0 Å². The third-order valence-corrected chi connectivity index (χ3v) is 17.7. The minimum Gasteiger partial charge on any atom is -0.310 e. The van der Waals surface area contributed by atoms with Crippen molar-refractivity contribution in [2.24, 2.45) is 0 Å². The smallest absolute Gasteiger partial charge is 0.211 e. The number of nitrogens with zero attached hydrogens (tertiary/aromatic N) is 1. The summed E-state index contributed by atoms with van der Waals surface area (Å²) < 4.78 is 2.76. The summed E-state index contributed by atoms with van der Waals surface area (Å²) in [6.45, 7) is 22.2. The van der Waals surface area contributed by atoms with Crippen molar-refractivity contribution in [2.75, 3.05) is 4.90 Å². The Kier molecular flexibility index (Phi) is 8.43. The Labute approximate surface area is 380 Å². The summed E-state index contributed by atoms with van der Waals surface area (Å²) in [6.07, 6.45) is 15.1. The second-order valence-electron chi connectivity index (χ2n) is 22.4. The molecule has 0 saturated heterocycles. The van der Waals surface area contributed by atoms with E-state index in [2.05, 4.69) is 196 Å². The van der Waals surface area contributed by atoms with Crippen molar-refractivity contribution >= 4 is 66.8 Å². The van der Waals surface area contributed by atoms with Gasteiger partial charge in [0, 0.05) is 33.3 Å². The molecule has 0 spiro atoms. The van der Waals surface area contributed by atoms with Crippen molar-refractivity contribution < 1.29 is 0 Å². The summed E-state index contributed by atoms with van der Waals surface area (Å²) in [7, 11) is 2.59. The lowest BCUT2D eigenvalue weighted by Gasteiger charge is -2.43. The van der Waals surface area contributed by atoms with E-state index in [4.69, 9.17) is 0 Å². The first kappa shape index (κ1) is 39.5. The molecule has 0 fully saturated rings. The summed E-state index contributed by atoms with van der Waals surface area (Å²) in [5, 5.41) is 4.02. The first-order valence-electron chi connectivity index (χ1n) is 23.7. The molecule has 5 aliphatic rings. The number of hydrogen-bond donors (Lipinski definition) is 0. The fourth-order valence-corrected chi connectivity index (χ4v) is 13.6. The lowest BCUT2D eigenvalue weighted by Crippen LogP contribution is -2.40. The van der Waals surface area contributed by atoms with Crippen LogP contribution in [-0.2, 0) is 21.7 Å². The first-order valence-corrected chi connectivity index (χ1v) is 24.5. The average Bonchev–Trinajstić information content (AvgIpc) is 3.78. The highest BCUT2D eigenvalue weighted by molar-refractivity contribution is 7.29. The monoisotopic (exact) mass is 836 g/mol. The van der Waals surface area contributed by atoms with Crippen LogP contribution >= 0.6 is 11.3 Å². The van der Waals surface area contributed by atoms with E-state index in [9.17, 15) is 0 Å². The zero-order chi connectivity index (χ0) is 43.4. The Hall–Kier alpha value is -5.12. The minimum atomic E-state index is 0.0899. The molecule has 1 nitrogen and oxygen atoms in total. The van der Waals surface area contributed by atoms with Gasteiger partial charge in [0.15, 0.2) is 0 Å². The second kappa shape index (κ2) is 13.5. The van der Waals surface area contributed by atoms with Crippen molar-refractivity contribution in [1.82, 2.24) is 0 Å². The van der Waals surface area contributed by atoms with E-state index in [1.165, 1.54) is 135 Å². The largest absolute Gasteiger partial charge is 0.310 e. The molecule has 6 aromatic carbocycles. The maximum Gasteiger partial charge on any atom is 0.211 e. The summed E-state index contributed by atoms with van der Waals surface area (Å²) >= 11 is 2.00. The maximum absolute atomic E-state index is 2.72. The number of thiophene rings is 1. The number of allylic oxidation sites excluding steroid dienone is 4. The number of anilines is 3. The molecule has 12 rings (SSSR count). The molecule has 2 atom stereocenters. The normalized spacial score (nSPS) is 21.6. The first-order chi connectivity index (χ1) is 30.1. The summed E-state index contributed by atoms with van der Waals surface area (Å²) in [4.78, 5) is 2.72. The molecule has 1 radical (unpaired) electrons. The molecular weight excluding hydrogens is 778 g/mol. The van der Waals surface area contributed by atoms with Gasteiger partial charge in [0.25, 0.3) is 0 Å². The molecule has 2 heterocycles. The molecular formula is C60H59BNS. The summed E-state index contributed by atoms with van der Waals surface area (Å²) in [5.74, 6) is 0.577. The van der Waals surface area contributed by atoms with E-state index in [1.807, 2.05) is 11.3 Å². The highest BCUT2D eigenvalue weighted by Gasteiger charge is 2.42. The van der Waals surface area contributed by atoms with E-state index in [-0.39, 0.29) is 27.6 Å². The Balaban J connectivity index is 1.15. The van der Waals surface area contributed by atoms with Gasteiger partial charge in [0.1, 0.15) is 0 Å². The van der Waals surface area contributed by atoms with E-state index < -0.39 is 0 Å². The second-order valence-corrected chi connectivity index (χ2v) is 23.5. The van der Waals surface area contributed by atoms with Crippen molar-refractivity contribution in [1.29, 1.82) is 0 Å². The quantitative estimate of drug-likeness (QED) is 0.160. The summed E-state index contributed by atoms with van der Waals surface area (Å²) in [6, 6.07) is 38.8. The van der Waals surface area contributed by atoms with Gasteiger partial charge in [-0.05, 0) is 178 Å². The number of hydrogen-bond acceptors (Lipinski definition) is 2. The van der Waals surface area contributed by atoms with Gasteiger partial charge in [-0.15, -0.1) is 11.3 Å². The van der Waals surface area contributed by atoms with Gasteiger partial charge in [0.05, 0.1) is 5.69 Å². The minimum absolute atomic E-state index is 0.0899. The lowest BCUT2D eigenvalue weighted by atomic mass is 9.60. The van der Waals surface area contributed by atoms with Gasteiger partial charge in [0.2, 0.25) is 7.28 Å². The van der Waals surface area contributed by atoms with Crippen LogP contribution in [0.4, 0.5) is 17.1 Å². The molecule has 0 amide bonds. The molecule has 1 aromatic heterocycles. The predicted molar refractivity (Wildman–Crippen MR) is 274 cm³/mol. The van der Waals surface area contributed by atoms with Gasteiger partial charge >= 0.3 is 0 Å². The van der Waals surface area contributed by atoms with Gasteiger partial charge in [-0.3, -0.25) is 0 Å². The SMILES string of the molecule is CC1c2cc3ccccc3cc2-c2cccc(-c3cc(C4C=CC=CC4)cc4c3[B]c3sc5cc6c(cc5c3N4c3ccc4c(c3)C(C)(C)CCC4(C)C)C(C)(C)CCC6(C)C)c21. The zero-order valence-corrected chi connectivity index (χ0v) is 39.5. The molecule has 0 saturated carbocycles. The Morgan fingerprint density at radius 2 is 1.25 bits per heavy atom. The lowest BCUT2D eigenvalue weighted by molar-refractivity contribution is 0.332. The van der Waals surface area contributed by atoms with Gasteiger partial charge in [-0.25, -0.2) is 0 Å². The van der Waals surface area contributed by atoms with Gasteiger partial charge < -0.3 is 4.90 Å². The third-order valence-electron chi connectivity index (χ3n) is 16.6. The van der Waals surface area contributed by atoms with Crippen molar-refractivity contribution in [2.45, 2.75) is 128 Å². The van der Waals surface area contributed by atoms with Crippen LogP contribution in [-0.4, -0.2) is 7.28 Å². The van der Waals surface area contributed by atoms with Crippen LogP contribution in [0.25, 0.3) is 43.1 Å². The molecule has 0 N–H and O–H groups in total. The Bertz CT molecular complexity index is 3170.